The highest BCUT2D eigenvalue weighted by atomic mass is 16.5. The van der Waals surface area contributed by atoms with Gasteiger partial charge in [-0.3, -0.25) is 19.3 Å². The van der Waals surface area contributed by atoms with Gasteiger partial charge in [-0.15, -0.1) is 0 Å². The van der Waals surface area contributed by atoms with Crippen molar-refractivity contribution in [2.75, 3.05) is 31.2 Å². The highest BCUT2D eigenvalue weighted by Crippen LogP contribution is 2.33. The van der Waals surface area contributed by atoms with Gasteiger partial charge in [-0.25, -0.2) is 0 Å². The lowest BCUT2D eigenvalue weighted by molar-refractivity contribution is -0.125. The molecule has 1 heterocycles. The lowest BCUT2D eigenvalue weighted by Crippen LogP contribution is -2.45. The van der Waals surface area contributed by atoms with Crippen molar-refractivity contribution in [3.63, 3.8) is 0 Å². The molecule has 7 heteroatoms. The number of fused-ring (bicyclic) bond motifs is 1. The molecule has 164 valence electrons. The topological polar surface area (TPSA) is 84.9 Å². The summed E-state index contributed by atoms with van der Waals surface area (Å²) in [5, 5.41) is 2.81. The van der Waals surface area contributed by atoms with E-state index in [9.17, 15) is 14.4 Å². The summed E-state index contributed by atoms with van der Waals surface area (Å²) in [5.41, 5.74) is 1.93. The van der Waals surface area contributed by atoms with Crippen LogP contribution in [0.4, 0.5) is 5.69 Å². The van der Waals surface area contributed by atoms with Gasteiger partial charge in [0.2, 0.25) is 5.91 Å². The minimum Gasteiger partial charge on any atom is -0.485 e. The van der Waals surface area contributed by atoms with E-state index in [1.807, 2.05) is 31.2 Å². The Balaban J connectivity index is 1.70. The summed E-state index contributed by atoms with van der Waals surface area (Å²) in [7, 11) is 0. The Morgan fingerprint density at radius 2 is 2.00 bits per heavy atom. The van der Waals surface area contributed by atoms with Crippen molar-refractivity contribution in [2.24, 2.45) is 0 Å². The van der Waals surface area contributed by atoms with E-state index in [-0.39, 0.29) is 37.4 Å². The molecule has 0 saturated heterocycles. The maximum absolute atomic E-state index is 12.7. The molecule has 1 aliphatic rings. The van der Waals surface area contributed by atoms with Crippen molar-refractivity contribution >= 4 is 23.3 Å². The van der Waals surface area contributed by atoms with Crippen molar-refractivity contribution in [2.45, 2.75) is 33.1 Å². The van der Waals surface area contributed by atoms with Gasteiger partial charge in [0.1, 0.15) is 18.0 Å². The minimum atomic E-state index is -0.324. The first-order valence-corrected chi connectivity index (χ1v) is 10.6. The zero-order chi connectivity index (χ0) is 22.2. The molecule has 0 aliphatic carbocycles. The van der Waals surface area contributed by atoms with Gasteiger partial charge in [0.15, 0.2) is 19.0 Å². The Hall–Kier alpha value is -3.35. The molecule has 2 aromatic rings. The number of hydrogen-bond acceptors (Lipinski definition) is 5. The molecule has 0 fully saturated rings. The molecule has 0 aromatic heterocycles. The number of nitrogens with one attached hydrogen (secondary N) is 1. The number of benzene rings is 2. The van der Waals surface area contributed by atoms with E-state index >= 15 is 0 Å². The third-order valence-corrected chi connectivity index (χ3v) is 5.05. The first kappa shape index (κ1) is 22.3. The van der Waals surface area contributed by atoms with Crippen LogP contribution in [-0.4, -0.2) is 43.9 Å². The predicted octanol–water partition coefficient (Wildman–Crippen LogP) is 3.15. The monoisotopic (exact) mass is 424 g/mol. The Morgan fingerprint density at radius 3 is 2.77 bits per heavy atom. The standard InChI is InChI=1S/C24H28N2O5/c1-3-5-11-25-23(28)14-26-20-13-18(9-10-22(20)31-16-24(26)29)21(27)15-30-19-8-6-7-17(4-2)12-19/h6-10,12-13H,3-5,11,14-16H2,1-2H3,(H,25,28). The second-order valence-electron chi connectivity index (χ2n) is 7.37. The Bertz CT molecular complexity index is 957. The Morgan fingerprint density at radius 1 is 1.16 bits per heavy atom. The zero-order valence-corrected chi connectivity index (χ0v) is 18.0. The number of nitrogens with zero attached hydrogens (tertiary/aromatic N) is 1. The molecule has 0 atom stereocenters. The molecule has 0 bridgehead atoms. The molecule has 0 saturated carbocycles. The number of anilines is 1. The number of carbonyl (C=O) groups excluding carboxylic acids is 3. The molecule has 7 nitrogen and oxygen atoms in total. The first-order chi connectivity index (χ1) is 15.0. The van der Waals surface area contributed by atoms with Crippen molar-refractivity contribution in [3.05, 3.63) is 53.6 Å². The van der Waals surface area contributed by atoms with Gasteiger partial charge >= 0.3 is 0 Å². The maximum Gasteiger partial charge on any atom is 0.265 e. The van der Waals surface area contributed by atoms with Gasteiger partial charge in [-0.2, -0.15) is 0 Å². The summed E-state index contributed by atoms with van der Waals surface area (Å²) in [5.74, 6) is 0.305. The van der Waals surface area contributed by atoms with Crippen molar-refractivity contribution in [1.82, 2.24) is 5.32 Å². The third kappa shape index (κ3) is 5.84. The largest absolute Gasteiger partial charge is 0.485 e. The lowest BCUT2D eigenvalue weighted by atomic mass is 10.1. The van der Waals surface area contributed by atoms with Crippen LogP contribution >= 0.6 is 0 Å². The molecular formula is C24H28N2O5. The van der Waals surface area contributed by atoms with Gasteiger partial charge in [-0.05, 0) is 48.7 Å². The van der Waals surface area contributed by atoms with Crippen LogP contribution < -0.4 is 19.7 Å². The number of rotatable bonds is 10. The van der Waals surface area contributed by atoms with Crippen LogP contribution in [0.15, 0.2) is 42.5 Å². The smallest absolute Gasteiger partial charge is 0.265 e. The predicted molar refractivity (Wildman–Crippen MR) is 118 cm³/mol. The quantitative estimate of drug-likeness (QED) is 0.468. The second-order valence-corrected chi connectivity index (χ2v) is 7.37. The van der Waals surface area contributed by atoms with E-state index in [1.54, 1.807) is 18.2 Å². The number of carbonyl (C=O) groups is 3. The third-order valence-electron chi connectivity index (χ3n) is 5.05. The van der Waals surface area contributed by atoms with E-state index in [0.29, 0.717) is 29.3 Å². The normalized spacial score (nSPS) is 12.7. The molecule has 0 radical (unpaired) electrons. The molecular weight excluding hydrogens is 396 g/mol. The number of Topliss-reactive ketones (excluding diaryl/α,β-unsaturated/α-hetero) is 1. The second kappa shape index (κ2) is 10.6. The highest BCUT2D eigenvalue weighted by Gasteiger charge is 2.28. The summed E-state index contributed by atoms with van der Waals surface area (Å²) in [6.07, 6.45) is 2.72. The molecule has 0 spiro atoms. The van der Waals surface area contributed by atoms with Crippen molar-refractivity contribution in [1.29, 1.82) is 0 Å². The van der Waals surface area contributed by atoms with Crippen molar-refractivity contribution in [3.8, 4) is 11.5 Å². The van der Waals surface area contributed by atoms with Crippen molar-refractivity contribution < 1.29 is 23.9 Å². The van der Waals surface area contributed by atoms with Gasteiger partial charge in [0.25, 0.3) is 5.91 Å². The van der Waals surface area contributed by atoms with Gasteiger partial charge in [-0.1, -0.05) is 32.4 Å². The Kier molecular flexibility index (Phi) is 7.65. The van der Waals surface area contributed by atoms with Crippen LogP contribution in [0, 0.1) is 0 Å². The van der Waals surface area contributed by atoms with E-state index in [4.69, 9.17) is 9.47 Å². The average molecular weight is 424 g/mol. The molecule has 2 amide bonds. The molecule has 2 aromatic carbocycles. The van der Waals surface area contributed by atoms with Crippen LogP contribution in [0.2, 0.25) is 0 Å². The van der Waals surface area contributed by atoms with E-state index < -0.39 is 0 Å². The number of hydrogen-bond donors (Lipinski definition) is 1. The van der Waals surface area contributed by atoms with Crippen LogP contribution in [0.3, 0.4) is 0 Å². The summed E-state index contributed by atoms with van der Waals surface area (Å²) < 4.78 is 11.1. The number of unbranched alkanes of at least 4 members (excludes halogenated alkanes) is 1. The summed E-state index contributed by atoms with van der Waals surface area (Å²) >= 11 is 0. The van der Waals surface area contributed by atoms with E-state index in [1.165, 1.54) is 4.90 Å². The number of aryl methyl sites for hydroxylation is 1. The first-order valence-electron chi connectivity index (χ1n) is 10.6. The average Bonchev–Trinajstić information content (AvgIpc) is 2.79. The van der Waals surface area contributed by atoms with E-state index in [0.717, 1.165) is 24.8 Å². The summed E-state index contributed by atoms with van der Waals surface area (Å²) in [6, 6.07) is 12.5. The maximum atomic E-state index is 12.7. The van der Waals surface area contributed by atoms with Crippen LogP contribution in [0.25, 0.3) is 0 Å². The minimum absolute atomic E-state index is 0.114. The zero-order valence-electron chi connectivity index (χ0n) is 18.0. The van der Waals surface area contributed by atoms with Gasteiger partial charge < -0.3 is 14.8 Å². The number of ketones is 1. The van der Waals surface area contributed by atoms with Gasteiger partial charge in [0.05, 0.1) is 5.69 Å². The molecule has 0 unspecified atom stereocenters. The molecule has 31 heavy (non-hydrogen) atoms. The fourth-order valence-electron chi connectivity index (χ4n) is 3.24. The lowest BCUT2D eigenvalue weighted by Gasteiger charge is -2.29. The summed E-state index contributed by atoms with van der Waals surface area (Å²) in [6.45, 7) is 4.28. The van der Waals surface area contributed by atoms with Crippen LogP contribution in [0.5, 0.6) is 11.5 Å². The molecule has 1 N–H and O–H groups in total. The number of amides is 2. The number of ether oxygens (including phenoxy) is 2. The fourth-order valence-corrected chi connectivity index (χ4v) is 3.24. The molecule has 1 aliphatic heterocycles. The van der Waals surface area contributed by atoms with E-state index in [2.05, 4.69) is 12.2 Å². The summed E-state index contributed by atoms with van der Waals surface area (Å²) in [4.78, 5) is 38.7. The Labute approximate surface area is 182 Å². The SMILES string of the molecule is CCCCNC(=O)CN1C(=O)COc2ccc(C(=O)COc3cccc(CC)c3)cc21. The van der Waals surface area contributed by atoms with Crippen LogP contribution in [0.1, 0.15) is 42.6 Å². The molecule has 3 rings (SSSR count). The highest BCUT2D eigenvalue weighted by molar-refractivity contribution is 6.04. The van der Waals surface area contributed by atoms with Crippen LogP contribution in [-0.2, 0) is 16.0 Å². The van der Waals surface area contributed by atoms with Gasteiger partial charge in [0, 0.05) is 12.1 Å². The fraction of sp³-hybridized carbons (Fsp3) is 0.375.